The summed E-state index contributed by atoms with van der Waals surface area (Å²) in [6.07, 6.45) is 5.70. The highest BCUT2D eigenvalue weighted by molar-refractivity contribution is 5.74. The first-order valence-electron chi connectivity index (χ1n) is 7.36. The highest BCUT2D eigenvalue weighted by atomic mass is 16.4. The molecule has 1 unspecified atom stereocenters. The summed E-state index contributed by atoms with van der Waals surface area (Å²) in [5, 5.41) is 14.1. The molecule has 3 N–H and O–H groups in total. The lowest BCUT2D eigenvalue weighted by atomic mass is 10.1. The van der Waals surface area contributed by atoms with Crippen molar-refractivity contribution in [3.8, 4) is 0 Å². The SMILES string of the molecule is CC(CCc1ccco1)NC(=O)NCCCCCC(=O)O. The number of rotatable bonds is 10. The summed E-state index contributed by atoms with van der Waals surface area (Å²) in [4.78, 5) is 21.9. The zero-order valence-electron chi connectivity index (χ0n) is 12.4. The number of carbonyl (C=O) groups is 2. The maximum atomic E-state index is 11.6. The van der Waals surface area contributed by atoms with Crippen LogP contribution in [0.25, 0.3) is 0 Å². The van der Waals surface area contributed by atoms with Crippen LogP contribution in [0.1, 0.15) is 44.8 Å². The smallest absolute Gasteiger partial charge is 0.314 e. The Morgan fingerprint density at radius 2 is 2.14 bits per heavy atom. The van der Waals surface area contributed by atoms with E-state index in [-0.39, 0.29) is 18.5 Å². The van der Waals surface area contributed by atoms with E-state index in [9.17, 15) is 9.59 Å². The molecule has 1 aromatic heterocycles. The van der Waals surface area contributed by atoms with E-state index in [0.717, 1.165) is 31.4 Å². The van der Waals surface area contributed by atoms with Crippen LogP contribution in [0.2, 0.25) is 0 Å². The number of carbonyl (C=O) groups excluding carboxylic acids is 1. The van der Waals surface area contributed by atoms with Crippen molar-refractivity contribution in [1.29, 1.82) is 0 Å². The van der Waals surface area contributed by atoms with Gasteiger partial charge in [-0.15, -0.1) is 0 Å². The van der Waals surface area contributed by atoms with E-state index in [4.69, 9.17) is 9.52 Å². The average molecular weight is 296 g/mol. The van der Waals surface area contributed by atoms with E-state index in [1.807, 2.05) is 19.1 Å². The number of urea groups is 1. The van der Waals surface area contributed by atoms with Gasteiger partial charge >= 0.3 is 12.0 Å². The Morgan fingerprint density at radius 1 is 1.33 bits per heavy atom. The molecule has 0 spiro atoms. The van der Waals surface area contributed by atoms with Gasteiger partial charge in [-0.3, -0.25) is 4.79 Å². The van der Waals surface area contributed by atoms with Crippen LogP contribution in [0, 0.1) is 0 Å². The number of aryl methyl sites for hydroxylation is 1. The first-order valence-corrected chi connectivity index (χ1v) is 7.36. The number of furan rings is 1. The van der Waals surface area contributed by atoms with Crippen LogP contribution < -0.4 is 10.6 Å². The van der Waals surface area contributed by atoms with Crippen molar-refractivity contribution < 1.29 is 19.1 Å². The molecule has 1 atom stereocenters. The predicted molar refractivity (Wildman–Crippen MR) is 79.1 cm³/mol. The number of aliphatic carboxylic acids is 1. The molecule has 0 aromatic carbocycles. The van der Waals surface area contributed by atoms with Gasteiger partial charge in [0.15, 0.2) is 0 Å². The van der Waals surface area contributed by atoms with Crippen molar-refractivity contribution >= 4 is 12.0 Å². The van der Waals surface area contributed by atoms with Gasteiger partial charge in [0.05, 0.1) is 6.26 Å². The third kappa shape index (κ3) is 8.73. The summed E-state index contributed by atoms with van der Waals surface area (Å²) < 4.78 is 5.24. The van der Waals surface area contributed by atoms with Crippen molar-refractivity contribution in [2.24, 2.45) is 0 Å². The maximum absolute atomic E-state index is 11.6. The van der Waals surface area contributed by atoms with E-state index < -0.39 is 5.97 Å². The Bertz CT molecular complexity index is 417. The Kier molecular flexibility index (Phi) is 8.01. The molecule has 0 aliphatic rings. The van der Waals surface area contributed by atoms with Gasteiger partial charge in [-0.25, -0.2) is 4.79 Å². The van der Waals surface area contributed by atoms with Gasteiger partial charge in [-0.1, -0.05) is 6.42 Å². The quantitative estimate of drug-likeness (QED) is 0.579. The second-order valence-electron chi connectivity index (χ2n) is 5.12. The van der Waals surface area contributed by atoms with E-state index in [0.29, 0.717) is 13.0 Å². The predicted octanol–water partition coefficient (Wildman–Crippen LogP) is 2.54. The van der Waals surface area contributed by atoms with Crippen LogP contribution in [0.15, 0.2) is 22.8 Å². The summed E-state index contributed by atoms with van der Waals surface area (Å²) in [6, 6.07) is 3.66. The summed E-state index contributed by atoms with van der Waals surface area (Å²) in [6.45, 7) is 2.52. The van der Waals surface area contributed by atoms with Crippen LogP contribution in [0.4, 0.5) is 4.79 Å². The fraction of sp³-hybridized carbons (Fsp3) is 0.600. The summed E-state index contributed by atoms with van der Waals surface area (Å²) in [5.41, 5.74) is 0. The molecule has 0 aliphatic carbocycles. The van der Waals surface area contributed by atoms with Crippen LogP contribution >= 0.6 is 0 Å². The monoisotopic (exact) mass is 296 g/mol. The van der Waals surface area contributed by atoms with Crippen molar-refractivity contribution in [1.82, 2.24) is 10.6 Å². The molecule has 1 aromatic rings. The molecule has 2 amide bonds. The standard InChI is InChI=1S/C15H24N2O4/c1-12(8-9-13-6-5-11-21-13)17-15(20)16-10-4-2-3-7-14(18)19/h5-6,11-12H,2-4,7-10H2,1H3,(H,18,19)(H2,16,17,20). The van der Waals surface area contributed by atoms with Crippen LogP contribution in [-0.2, 0) is 11.2 Å². The number of carboxylic acids is 1. The molecule has 21 heavy (non-hydrogen) atoms. The number of unbranched alkanes of at least 4 members (excludes halogenated alkanes) is 2. The topological polar surface area (TPSA) is 91.6 Å². The number of hydrogen-bond acceptors (Lipinski definition) is 3. The minimum Gasteiger partial charge on any atom is -0.481 e. The highest BCUT2D eigenvalue weighted by Gasteiger charge is 2.07. The van der Waals surface area contributed by atoms with Crippen LogP contribution in [0.3, 0.4) is 0 Å². The summed E-state index contributed by atoms with van der Waals surface area (Å²) in [7, 11) is 0. The molecular formula is C15H24N2O4. The minimum absolute atomic E-state index is 0.0714. The lowest BCUT2D eigenvalue weighted by molar-refractivity contribution is -0.137. The Balaban J connectivity index is 2.00. The van der Waals surface area contributed by atoms with Crippen LogP contribution in [-0.4, -0.2) is 29.7 Å². The van der Waals surface area contributed by atoms with Crippen LogP contribution in [0.5, 0.6) is 0 Å². The molecule has 118 valence electrons. The van der Waals surface area contributed by atoms with Gasteiger partial charge in [-0.05, 0) is 38.3 Å². The Morgan fingerprint density at radius 3 is 2.81 bits per heavy atom. The fourth-order valence-electron chi connectivity index (χ4n) is 1.94. The Hall–Kier alpha value is -1.98. The zero-order valence-corrected chi connectivity index (χ0v) is 12.4. The van der Waals surface area contributed by atoms with Crippen molar-refractivity contribution in [2.45, 2.75) is 51.5 Å². The van der Waals surface area contributed by atoms with Gasteiger partial charge in [0.1, 0.15) is 5.76 Å². The van der Waals surface area contributed by atoms with Crippen molar-refractivity contribution in [2.75, 3.05) is 6.54 Å². The molecule has 0 aliphatic heterocycles. The van der Waals surface area contributed by atoms with E-state index >= 15 is 0 Å². The van der Waals surface area contributed by atoms with Gasteiger partial charge < -0.3 is 20.2 Å². The second kappa shape index (κ2) is 9.85. The molecule has 0 fully saturated rings. The zero-order chi connectivity index (χ0) is 15.5. The van der Waals surface area contributed by atoms with E-state index in [1.165, 1.54) is 0 Å². The largest absolute Gasteiger partial charge is 0.481 e. The van der Waals surface area contributed by atoms with E-state index in [2.05, 4.69) is 10.6 Å². The molecular weight excluding hydrogens is 272 g/mol. The Labute approximate surface area is 124 Å². The summed E-state index contributed by atoms with van der Waals surface area (Å²) in [5.74, 6) is 0.147. The first-order chi connectivity index (χ1) is 10.1. The lowest BCUT2D eigenvalue weighted by Crippen LogP contribution is -2.41. The maximum Gasteiger partial charge on any atom is 0.314 e. The van der Waals surface area contributed by atoms with Gasteiger partial charge in [0, 0.05) is 25.4 Å². The molecule has 0 saturated carbocycles. The minimum atomic E-state index is -0.772. The fourth-order valence-corrected chi connectivity index (χ4v) is 1.94. The molecule has 0 bridgehead atoms. The molecule has 6 nitrogen and oxygen atoms in total. The lowest BCUT2D eigenvalue weighted by Gasteiger charge is -2.14. The first kappa shape index (κ1) is 17.1. The van der Waals surface area contributed by atoms with Gasteiger partial charge in [0.25, 0.3) is 0 Å². The third-order valence-corrected chi connectivity index (χ3v) is 3.13. The van der Waals surface area contributed by atoms with Gasteiger partial charge in [-0.2, -0.15) is 0 Å². The number of hydrogen-bond donors (Lipinski definition) is 3. The van der Waals surface area contributed by atoms with Crippen molar-refractivity contribution in [3.05, 3.63) is 24.2 Å². The summed E-state index contributed by atoms with van der Waals surface area (Å²) >= 11 is 0. The third-order valence-electron chi connectivity index (χ3n) is 3.13. The molecule has 0 radical (unpaired) electrons. The normalized spacial score (nSPS) is 11.9. The molecule has 1 heterocycles. The molecule has 6 heteroatoms. The molecule has 1 rings (SSSR count). The van der Waals surface area contributed by atoms with Gasteiger partial charge in [0.2, 0.25) is 0 Å². The molecule has 0 saturated heterocycles. The number of carboxylic acid groups (broad SMARTS) is 1. The van der Waals surface area contributed by atoms with Crippen molar-refractivity contribution in [3.63, 3.8) is 0 Å². The highest BCUT2D eigenvalue weighted by Crippen LogP contribution is 2.05. The number of nitrogens with one attached hydrogen (secondary N) is 2. The van der Waals surface area contributed by atoms with E-state index in [1.54, 1.807) is 6.26 Å². The average Bonchev–Trinajstić information content (AvgIpc) is 2.93. The second-order valence-corrected chi connectivity index (χ2v) is 5.12. The number of amides is 2.